The molecule has 93 heavy (non-hydrogen) atoms. The number of aliphatic hydroxyl groups is 1. The third kappa shape index (κ3) is 23.3. The topological polar surface area (TPSA) is 255 Å². The van der Waals surface area contributed by atoms with E-state index in [-0.39, 0.29) is 80.0 Å². The summed E-state index contributed by atoms with van der Waals surface area (Å²) in [7, 11) is 10.3. The number of amides is 8. The number of hydrogen-bond acceptors (Lipinski definition) is 14. The molecule has 2 saturated heterocycles. The second-order valence-electron chi connectivity index (χ2n) is 29.3. The molecule has 2 rings (SSSR count). The lowest BCUT2D eigenvalue weighted by atomic mass is 9.82. The number of allylic oxidation sites excluding steroid dienone is 2. The van der Waals surface area contributed by atoms with E-state index in [2.05, 4.69) is 10.2 Å². The lowest BCUT2D eigenvalue weighted by molar-refractivity contribution is -0.157. The van der Waals surface area contributed by atoms with Crippen LogP contribution >= 0.6 is 0 Å². The molecular weight excluding hydrogens is 1190 g/mol. The number of carbonyl (C=O) groups is 11. The second kappa shape index (κ2) is 38.8. The fraction of sp³-hybridized carbons (Fsp3) is 0.817. The first-order valence-electron chi connectivity index (χ1n) is 34.6. The maximum absolute atomic E-state index is 15.3. The van der Waals surface area contributed by atoms with Gasteiger partial charge in [0.15, 0.2) is 11.6 Å². The van der Waals surface area contributed by atoms with Gasteiger partial charge in [-0.2, -0.15) is 0 Å². The van der Waals surface area contributed by atoms with Gasteiger partial charge in [0.25, 0.3) is 0 Å². The molecule has 2 fully saturated rings. The molecule has 14 atom stereocenters. The minimum absolute atomic E-state index is 0.0255. The Labute approximate surface area is 559 Å². The third-order valence-electron chi connectivity index (χ3n) is 19.5. The second-order valence-corrected chi connectivity index (χ2v) is 29.3. The molecule has 2 aliphatic rings. The summed E-state index contributed by atoms with van der Waals surface area (Å²) in [6, 6.07) is -9.59. The van der Waals surface area contributed by atoms with Crippen LogP contribution in [0.5, 0.6) is 0 Å². The third-order valence-corrected chi connectivity index (χ3v) is 19.5. The summed E-state index contributed by atoms with van der Waals surface area (Å²) in [5.41, 5.74) is 0. The highest BCUT2D eigenvalue weighted by molar-refractivity contribution is 6.00. The molecule has 0 saturated carbocycles. The fourth-order valence-electron chi connectivity index (χ4n) is 13.2. The first-order chi connectivity index (χ1) is 43.2. The standard InChI is InChI=1S/C71H125N9O13/c1-25-27-29-48(14)63(84)62-64(85)72-53(26-2)68(89)73(18)51(17)66(87)78(23)61(47(13)30-28-31-80-32-34-93-35-33-80)59(83)41-52(45(9)10)67(88)74(19)54(36-42(3)4)58(82)39-49(15)57(81)40-50(16)65(86)75(20)55(37-43(5)6)69(90)76(21)56(38-44(7)8)70(91)77(22)60(46(11)12)71(92)79(62)24/h25,27,42-56,60-63,84H,26,28-41H2,1-24H3,(H,72,85)/b27-25+/t47-,48-,49-,50+,51-,52+,53+,54+,55+,56+,60+,61+,62+,63-/m1/s1. The maximum Gasteiger partial charge on any atom is 0.246 e. The Kier molecular flexibility index (Phi) is 34.8. The van der Waals surface area contributed by atoms with Crippen molar-refractivity contribution in [1.29, 1.82) is 0 Å². The summed E-state index contributed by atoms with van der Waals surface area (Å²) in [5.74, 6) is -11.0. The Hall–Kier alpha value is -5.61. The number of aliphatic hydroxyl groups excluding tert-OH is 1. The van der Waals surface area contributed by atoms with Gasteiger partial charge >= 0.3 is 0 Å². The highest BCUT2D eigenvalue weighted by atomic mass is 16.5. The molecule has 0 radical (unpaired) electrons. The smallest absolute Gasteiger partial charge is 0.246 e. The number of nitrogens with one attached hydrogen (secondary N) is 1. The van der Waals surface area contributed by atoms with Gasteiger partial charge < -0.3 is 49.5 Å². The maximum atomic E-state index is 15.3. The summed E-state index contributed by atoms with van der Waals surface area (Å²) >= 11 is 0. The SMILES string of the molecule is C/C=C/C[C@@H](C)[C@@H](O)[C@H]1C(=O)N[C@@H](CC)C(=O)N(C)[C@H](C)C(=O)N(C)[C@@H]([C@H](C)CCCN2CCOCC2)C(=O)C[C@@H](C(C)C)C(=O)N(C)[C@@H](CC(C)C)C(=O)C[C@@H](C)C(=O)C[C@H](C)C(=O)N(C)[C@@H](CC(C)C)C(=O)N(C)[C@@H](CC(C)C)C(=O)N(C)[C@@H](C(C)C)C(=O)N1C. The van der Waals surface area contributed by atoms with Crippen molar-refractivity contribution in [3.05, 3.63) is 12.2 Å². The molecule has 2 N–H and O–H groups in total. The van der Waals surface area contributed by atoms with Crippen molar-refractivity contribution >= 4 is 64.6 Å². The molecule has 22 nitrogen and oxygen atoms in total. The van der Waals surface area contributed by atoms with Crippen LogP contribution in [0.2, 0.25) is 0 Å². The molecule has 0 aromatic rings. The lowest BCUT2D eigenvalue weighted by Crippen LogP contribution is -2.63. The number of ether oxygens (including phenoxy) is 1. The number of rotatable bonds is 18. The van der Waals surface area contributed by atoms with Gasteiger partial charge in [0, 0.05) is 99.4 Å². The van der Waals surface area contributed by atoms with E-state index in [1.165, 1.54) is 78.6 Å². The normalized spacial score (nSPS) is 28.2. The lowest BCUT2D eigenvalue weighted by Gasteiger charge is -2.41. The predicted octanol–water partition coefficient (Wildman–Crippen LogP) is 6.63. The summed E-state index contributed by atoms with van der Waals surface area (Å²) in [5, 5.41) is 15.1. The molecule has 0 aliphatic carbocycles. The van der Waals surface area contributed by atoms with Gasteiger partial charge in [-0.3, -0.25) is 57.6 Å². The number of nitrogens with zero attached hydrogens (tertiary/aromatic N) is 8. The summed E-state index contributed by atoms with van der Waals surface area (Å²) in [4.78, 5) is 175. The molecule has 532 valence electrons. The average molecular weight is 1310 g/mol. The van der Waals surface area contributed by atoms with Crippen molar-refractivity contribution in [1.82, 2.24) is 44.5 Å². The summed E-state index contributed by atoms with van der Waals surface area (Å²) < 4.78 is 5.57. The van der Waals surface area contributed by atoms with E-state index in [0.717, 1.165) is 24.5 Å². The molecular formula is C71H125N9O13. The summed E-state index contributed by atoms with van der Waals surface area (Å²) in [6.45, 7) is 33.9. The van der Waals surface area contributed by atoms with Gasteiger partial charge in [0.2, 0.25) is 47.3 Å². The zero-order valence-corrected chi connectivity index (χ0v) is 61.7. The van der Waals surface area contributed by atoms with Crippen molar-refractivity contribution in [3.8, 4) is 0 Å². The van der Waals surface area contributed by atoms with Gasteiger partial charge in [-0.05, 0) is 107 Å². The van der Waals surface area contributed by atoms with Crippen LogP contribution in [0.3, 0.4) is 0 Å². The quantitative estimate of drug-likeness (QED) is 0.137. The van der Waals surface area contributed by atoms with E-state index < -0.39 is 143 Å². The molecule has 0 spiro atoms. The molecule has 0 aromatic heterocycles. The van der Waals surface area contributed by atoms with Crippen LogP contribution in [0, 0.1) is 59.2 Å². The number of likely N-dealkylation sites (N-methyl/N-ethyl adjacent to an activating group) is 7. The largest absolute Gasteiger partial charge is 0.390 e. The Morgan fingerprint density at radius 2 is 0.989 bits per heavy atom. The zero-order valence-electron chi connectivity index (χ0n) is 61.7. The average Bonchev–Trinajstić information content (AvgIpc) is 1.04. The first kappa shape index (κ1) is 83.5. The molecule has 0 aromatic carbocycles. The number of ketones is 3. The minimum Gasteiger partial charge on any atom is -0.390 e. The summed E-state index contributed by atoms with van der Waals surface area (Å²) in [6.07, 6.45) is 3.54. The number of morpholine rings is 1. The highest BCUT2D eigenvalue weighted by Gasteiger charge is 2.46. The fourth-order valence-corrected chi connectivity index (χ4v) is 13.2. The van der Waals surface area contributed by atoms with Crippen molar-refractivity contribution in [2.24, 2.45) is 59.2 Å². The van der Waals surface area contributed by atoms with E-state index in [1.54, 1.807) is 54.7 Å². The van der Waals surface area contributed by atoms with Crippen molar-refractivity contribution in [3.63, 3.8) is 0 Å². The van der Waals surface area contributed by atoms with E-state index >= 15 is 33.6 Å². The molecule has 2 heterocycles. The van der Waals surface area contributed by atoms with E-state index in [4.69, 9.17) is 4.74 Å². The van der Waals surface area contributed by atoms with Crippen LogP contribution in [-0.4, -0.2) is 246 Å². The zero-order chi connectivity index (χ0) is 71.4. The molecule has 0 bridgehead atoms. The highest BCUT2D eigenvalue weighted by Crippen LogP contribution is 2.30. The minimum atomic E-state index is -1.61. The van der Waals surface area contributed by atoms with Gasteiger partial charge in [-0.25, -0.2) is 0 Å². The van der Waals surface area contributed by atoms with E-state index in [9.17, 15) is 24.3 Å². The monoisotopic (exact) mass is 1310 g/mol. The van der Waals surface area contributed by atoms with Crippen LogP contribution in [0.15, 0.2) is 12.2 Å². The van der Waals surface area contributed by atoms with Crippen LogP contribution in [0.4, 0.5) is 0 Å². The number of hydrogen-bond donors (Lipinski definition) is 2. The van der Waals surface area contributed by atoms with E-state index in [1.807, 2.05) is 75.3 Å². The number of carbonyl (C=O) groups excluding carboxylic acids is 11. The van der Waals surface area contributed by atoms with Crippen molar-refractivity contribution < 1.29 is 62.6 Å². The molecule has 2 aliphatic heterocycles. The predicted molar refractivity (Wildman–Crippen MR) is 363 cm³/mol. The Balaban J connectivity index is 3.03. The number of Topliss-reactive ketones (excluding diaryl/α,β-unsaturated/α-hetero) is 3. The Bertz CT molecular complexity index is 2530. The Morgan fingerprint density at radius 1 is 0.516 bits per heavy atom. The molecule has 22 heteroatoms. The molecule has 8 amide bonds. The van der Waals surface area contributed by atoms with Crippen molar-refractivity contribution in [2.45, 2.75) is 236 Å². The van der Waals surface area contributed by atoms with Crippen LogP contribution in [0.25, 0.3) is 0 Å². The first-order valence-corrected chi connectivity index (χ1v) is 34.6. The molecule has 0 unspecified atom stereocenters. The van der Waals surface area contributed by atoms with Gasteiger partial charge in [0.1, 0.15) is 42.0 Å². The van der Waals surface area contributed by atoms with Gasteiger partial charge in [0.05, 0.1) is 31.4 Å². The van der Waals surface area contributed by atoms with E-state index in [0.29, 0.717) is 32.5 Å². The van der Waals surface area contributed by atoms with Gasteiger partial charge in [-0.1, -0.05) is 116 Å². The van der Waals surface area contributed by atoms with Crippen molar-refractivity contribution in [2.75, 3.05) is 82.2 Å². The van der Waals surface area contributed by atoms with Crippen LogP contribution in [-0.2, 0) is 57.5 Å². The van der Waals surface area contributed by atoms with Gasteiger partial charge in [-0.15, -0.1) is 0 Å². The van der Waals surface area contributed by atoms with Crippen LogP contribution in [0.1, 0.15) is 182 Å². The van der Waals surface area contributed by atoms with Crippen LogP contribution < -0.4 is 5.32 Å². The Morgan fingerprint density at radius 3 is 1.48 bits per heavy atom.